The van der Waals surface area contributed by atoms with Gasteiger partial charge in [0.05, 0.1) is 30.3 Å². The van der Waals surface area contributed by atoms with Crippen LogP contribution in [0, 0.1) is 0 Å². The third-order valence-electron chi connectivity index (χ3n) is 6.47. The normalized spacial score (nSPS) is 39.9. The van der Waals surface area contributed by atoms with E-state index in [-0.39, 0.29) is 19.8 Å². The maximum absolute atomic E-state index is 12.9. The van der Waals surface area contributed by atoms with Crippen LogP contribution in [0.5, 0.6) is 0 Å². The van der Waals surface area contributed by atoms with Gasteiger partial charge in [-0.2, -0.15) is 0 Å². The molecule has 0 saturated carbocycles. The van der Waals surface area contributed by atoms with Gasteiger partial charge in [0.2, 0.25) is 0 Å². The van der Waals surface area contributed by atoms with Crippen molar-refractivity contribution >= 4 is 17.3 Å². The Bertz CT molecular complexity index is 929. The molecule has 5 rings (SSSR count). The summed E-state index contributed by atoms with van der Waals surface area (Å²) >= 11 is 1.35. The summed E-state index contributed by atoms with van der Waals surface area (Å²) in [7, 11) is 0. The molecule has 0 radical (unpaired) electrons. The fourth-order valence-corrected chi connectivity index (χ4v) is 6.54. The monoisotopic (exact) mass is 500 g/mol. The van der Waals surface area contributed by atoms with E-state index in [1.165, 1.54) is 11.3 Å². The fraction of sp³-hybridized carbons (Fsp3) is 0.783. The van der Waals surface area contributed by atoms with Crippen LogP contribution in [-0.2, 0) is 33.2 Å². The molecule has 34 heavy (non-hydrogen) atoms. The molecule has 0 aromatic carbocycles. The van der Waals surface area contributed by atoms with Gasteiger partial charge in [0.1, 0.15) is 48.8 Å². The number of thiophene rings is 1. The van der Waals surface area contributed by atoms with Crippen molar-refractivity contribution in [3.05, 3.63) is 21.4 Å². The lowest BCUT2D eigenvalue weighted by Crippen LogP contribution is -2.31. The van der Waals surface area contributed by atoms with Crippen molar-refractivity contribution in [3.63, 3.8) is 0 Å². The van der Waals surface area contributed by atoms with Crippen LogP contribution in [0.1, 0.15) is 66.9 Å². The van der Waals surface area contributed by atoms with Crippen molar-refractivity contribution in [3.8, 4) is 0 Å². The first-order chi connectivity index (χ1) is 16.1. The summed E-state index contributed by atoms with van der Waals surface area (Å²) < 4.78 is 41.8. The maximum Gasteiger partial charge on any atom is 0.339 e. The Morgan fingerprint density at radius 3 is 1.94 bits per heavy atom. The van der Waals surface area contributed by atoms with Gasteiger partial charge in [0, 0.05) is 4.88 Å². The summed E-state index contributed by atoms with van der Waals surface area (Å²) in [6.45, 7) is 8.77. The second-order valence-electron chi connectivity index (χ2n) is 9.83. The number of aliphatic hydroxyl groups excluding tert-OH is 2. The molecule has 190 valence electrons. The summed E-state index contributed by atoms with van der Waals surface area (Å²) in [5.41, 5.74) is 0.350. The Kier molecular flexibility index (Phi) is 6.32. The van der Waals surface area contributed by atoms with Crippen molar-refractivity contribution in [1.29, 1.82) is 0 Å². The summed E-state index contributed by atoms with van der Waals surface area (Å²) in [5, 5.41) is 19.7. The van der Waals surface area contributed by atoms with Gasteiger partial charge in [-0.15, -0.1) is 11.3 Å². The van der Waals surface area contributed by atoms with Crippen LogP contribution in [0.15, 0.2) is 6.07 Å². The van der Waals surface area contributed by atoms with Crippen LogP contribution in [-0.4, -0.2) is 84.2 Å². The standard InChI is InChI=1S/C23H32O10S/c1-6-27-21(26)10-7-13(16-17-14(11(8-24)28-16)30-22(2,3)32-17)34-20(10)19-18-15(12(9-25)29-19)31-23(4,5)33-18/h7,11-12,14-19,24-25H,6,8-9H2,1-5H3/t11-,12+,14-,15+,16+,17-,18+,19+/m1/s1. The minimum atomic E-state index is -0.842. The molecule has 4 aliphatic rings. The summed E-state index contributed by atoms with van der Waals surface area (Å²) in [5.74, 6) is -2.14. The molecule has 0 amide bonds. The molecule has 0 spiro atoms. The van der Waals surface area contributed by atoms with Gasteiger partial charge in [-0.25, -0.2) is 4.79 Å². The average Bonchev–Trinajstić information content (AvgIpc) is 3.52. The summed E-state index contributed by atoms with van der Waals surface area (Å²) in [4.78, 5) is 14.3. The number of rotatable bonds is 6. The van der Waals surface area contributed by atoms with Crippen LogP contribution in [0.2, 0.25) is 0 Å². The molecule has 4 aliphatic heterocycles. The number of fused-ring (bicyclic) bond motifs is 2. The van der Waals surface area contributed by atoms with Crippen LogP contribution < -0.4 is 0 Å². The molecule has 2 N–H and O–H groups in total. The van der Waals surface area contributed by atoms with Crippen molar-refractivity contribution in [2.24, 2.45) is 0 Å². The number of hydrogen-bond acceptors (Lipinski definition) is 11. The second-order valence-corrected chi connectivity index (χ2v) is 10.9. The first-order valence-electron chi connectivity index (χ1n) is 11.6. The molecule has 1 aromatic rings. The molecule has 0 aliphatic carbocycles. The van der Waals surface area contributed by atoms with Gasteiger partial charge < -0.3 is 43.4 Å². The number of esters is 1. The molecular formula is C23H32O10S. The minimum absolute atomic E-state index is 0.214. The first-order valence-corrected chi connectivity index (χ1v) is 12.4. The topological polar surface area (TPSA) is 122 Å². The number of carbonyl (C=O) groups excluding carboxylic acids is 1. The van der Waals surface area contributed by atoms with E-state index in [9.17, 15) is 15.0 Å². The predicted octanol–water partition coefficient (Wildman–Crippen LogP) is 1.83. The average molecular weight is 501 g/mol. The molecule has 0 unspecified atom stereocenters. The van der Waals surface area contributed by atoms with Gasteiger partial charge in [-0.1, -0.05) is 0 Å². The molecule has 4 saturated heterocycles. The first kappa shape index (κ1) is 24.5. The third-order valence-corrected chi connectivity index (χ3v) is 7.73. The largest absolute Gasteiger partial charge is 0.462 e. The second kappa shape index (κ2) is 8.75. The van der Waals surface area contributed by atoms with Gasteiger partial charge in [0.15, 0.2) is 11.6 Å². The molecule has 10 nitrogen and oxygen atoms in total. The Morgan fingerprint density at radius 2 is 1.41 bits per heavy atom. The van der Waals surface area contributed by atoms with E-state index in [1.54, 1.807) is 13.0 Å². The van der Waals surface area contributed by atoms with E-state index in [0.29, 0.717) is 10.4 Å². The van der Waals surface area contributed by atoms with Crippen molar-refractivity contribution in [2.45, 2.75) is 95.0 Å². The minimum Gasteiger partial charge on any atom is -0.462 e. The van der Waals surface area contributed by atoms with Crippen LogP contribution in [0.3, 0.4) is 0 Å². The Morgan fingerprint density at radius 1 is 0.912 bits per heavy atom. The SMILES string of the molecule is CCOC(=O)c1cc([C@@H]2O[C@H](CO)[C@H]3OC(C)(C)O[C@H]32)sc1[C@H]1O[C@@H](CO)[C@@H]2OC(C)(C)O[C@@H]21. The molecular weight excluding hydrogens is 468 g/mol. The molecule has 11 heteroatoms. The summed E-state index contributed by atoms with van der Waals surface area (Å²) in [6, 6.07) is 1.74. The van der Waals surface area contributed by atoms with E-state index in [4.69, 9.17) is 33.2 Å². The molecule has 0 bridgehead atoms. The lowest BCUT2D eigenvalue weighted by molar-refractivity contribution is -0.190. The predicted molar refractivity (Wildman–Crippen MR) is 117 cm³/mol. The number of carbonyl (C=O) groups is 1. The van der Waals surface area contributed by atoms with E-state index in [1.807, 2.05) is 27.7 Å². The quantitative estimate of drug-likeness (QED) is 0.560. The Labute approximate surface area is 202 Å². The van der Waals surface area contributed by atoms with Crippen LogP contribution in [0.4, 0.5) is 0 Å². The van der Waals surface area contributed by atoms with Crippen molar-refractivity contribution < 1.29 is 48.2 Å². The van der Waals surface area contributed by atoms with Crippen LogP contribution in [0.25, 0.3) is 0 Å². The highest BCUT2D eigenvalue weighted by Crippen LogP contribution is 2.51. The zero-order valence-corrected chi connectivity index (χ0v) is 20.7. The third kappa shape index (κ3) is 4.10. The highest BCUT2D eigenvalue weighted by atomic mass is 32.1. The molecule has 1 aromatic heterocycles. The lowest BCUT2D eigenvalue weighted by atomic mass is 10.0. The fourth-order valence-electron chi connectivity index (χ4n) is 5.24. The van der Waals surface area contributed by atoms with Gasteiger partial charge >= 0.3 is 5.97 Å². The van der Waals surface area contributed by atoms with Gasteiger partial charge in [0.25, 0.3) is 0 Å². The lowest BCUT2D eigenvalue weighted by Gasteiger charge is -2.24. The molecule has 5 heterocycles. The maximum atomic E-state index is 12.9. The van der Waals surface area contributed by atoms with Gasteiger partial charge in [-0.05, 0) is 40.7 Å². The summed E-state index contributed by atoms with van der Waals surface area (Å²) in [6.07, 6.45) is -4.16. The number of ether oxygens (including phenoxy) is 7. The zero-order valence-electron chi connectivity index (χ0n) is 19.9. The molecule has 8 atom stereocenters. The highest BCUT2D eigenvalue weighted by molar-refractivity contribution is 7.12. The van der Waals surface area contributed by atoms with E-state index in [0.717, 1.165) is 4.88 Å². The van der Waals surface area contributed by atoms with E-state index >= 15 is 0 Å². The van der Waals surface area contributed by atoms with Gasteiger partial charge in [-0.3, -0.25) is 0 Å². The molecule has 4 fully saturated rings. The number of hydrogen-bond donors (Lipinski definition) is 2. The van der Waals surface area contributed by atoms with E-state index < -0.39 is 66.4 Å². The smallest absolute Gasteiger partial charge is 0.339 e. The van der Waals surface area contributed by atoms with Crippen molar-refractivity contribution in [1.82, 2.24) is 0 Å². The zero-order chi connectivity index (χ0) is 24.4. The highest BCUT2D eigenvalue weighted by Gasteiger charge is 2.58. The number of aliphatic hydroxyl groups is 2. The Hall–Kier alpha value is -1.15. The van der Waals surface area contributed by atoms with Crippen LogP contribution >= 0.6 is 11.3 Å². The van der Waals surface area contributed by atoms with E-state index in [2.05, 4.69) is 0 Å². The Balaban J connectivity index is 1.51. The van der Waals surface area contributed by atoms with Crippen molar-refractivity contribution in [2.75, 3.05) is 19.8 Å².